The molecule has 1 aliphatic rings. The van der Waals surface area contributed by atoms with E-state index in [2.05, 4.69) is 36.1 Å². The molecule has 1 aliphatic heterocycles. The summed E-state index contributed by atoms with van der Waals surface area (Å²) in [5.74, 6) is -0.0932. The van der Waals surface area contributed by atoms with Gasteiger partial charge in [0.25, 0.3) is 0 Å². The molecule has 1 unspecified atom stereocenters. The lowest BCUT2D eigenvalue weighted by molar-refractivity contribution is -0.132. The van der Waals surface area contributed by atoms with Crippen molar-refractivity contribution in [3.8, 4) is 0 Å². The third-order valence-electron chi connectivity index (χ3n) is 4.69. The minimum atomic E-state index is -0.239. The number of carbonyl (C=O) groups excluding carboxylic acids is 1. The minimum absolute atomic E-state index is 0. The van der Waals surface area contributed by atoms with Gasteiger partial charge in [0, 0.05) is 38.4 Å². The first-order valence-corrected chi connectivity index (χ1v) is 8.54. The number of piperazine rings is 1. The van der Waals surface area contributed by atoms with Crippen molar-refractivity contribution in [2.75, 3.05) is 37.6 Å². The van der Waals surface area contributed by atoms with Gasteiger partial charge in [-0.3, -0.25) is 4.79 Å². The van der Waals surface area contributed by atoms with Crippen molar-refractivity contribution in [1.82, 2.24) is 4.90 Å². The summed E-state index contributed by atoms with van der Waals surface area (Å²) in [6.07, 6.45) is 0. The highest BCUT2D eigenvalue weighted by molar-refractivity contribution is 5.85. The van der Waals surface area contributed by atoms with Crippen LogP contribution in [0.1, 0.15) is 17.0 Å². The van der Waals surface area contributed by atoms with Gasteiger partial charge in [-0.2, -0.15) is 0 Å². The van der Waals surface area contributed by atoms with E-state index in [1.165, 1.54) is 11.3 Å². The number of benzene rings is 2. The second-order valence-corrected chi connectivity index (χ2v) is 6.35. The van der Waals surface area contributed by atoms with E-state index in [1.54, 1.807) is 0 Å². The van der Waals surface area contributed by atoms with Crippen molar-refractivity contribution < 1.29 is 4.79 Å². The number of nitrogens with two attached hydrogens (primary N) is 1. The Morgan fingerprint density at radius 2 is 1.65 bits per heavy atom. The molecule has 26 heavy (non-hydrogen) atoms. The van der Waals surface area contributed by atoms with Crippen molar-refractivity contribution in [2.24, 2.45) is 5.73 Å². The number of rotatable bonds is 4. The largest absolute Gasteiger partial charge is 0.368 e. The van der Waals surface area contributed by atoms with Crippen molar-refractivity contribution in [1.29, 1.82) is 0 Å². The zero-order valence-electron chi connectivity index (χ0n) is 15.0. The van der Waals surface area contributed by atoms with Crippen LogP contribution < -0.4 is 10.6 Å². The number of hydrogen-bond acceptors (Lipinski definition) is 3. The smallest absolute Gasteiger partial charge is 0.231 e. The molecular weight excluding hydrogens is 369 g/mol. The van der Waals surface area contributed by atoms with Gasteiger partial charge >= 0.3 is 0 Å². The molecule has 2 aromatic carbocycles. The van der Waals surface area contributed by atoms with E-state index in [9.17, 15) is 4.79 Å². The second-order valence-electron chi connectivity index (χ2n) is 6.35. The Kier molecular flexibility index (Phi) is 8.93. The van der Waals surface area contributed by atoms with Crippen LogP contribution in [0.3, 0.4) is 0 Å². The predicted molar refractivity (Wildman–Crippen MR) is 113 cm³/mol. The molecule has 0 spiro atoms. The number of aryl methyl sites for hydroxylation is 1. The molecule has 1 heterocycles. The van der Waals surface area contributed by atoms with E-state index in [0.717, 1.165) is 31.7 Å². The molecule has 3 rings (SSSR count). The Hall–Kier alpha value is -1.75. The third-order valence-corrected chi connectivity index (χ3v) is 4.69. The second kappa shape index (κ2) is 10.4. The van der Waals surface area contributed by atoms with Crippen LogP contribution in [0.25, 0.3) is 0 Å². The fourth-order valence-electron chi connectivity index (χ4n) is 3.29. The molecule has 1 amide bonds. The van der Waals surface area contributed by atoms with Gasteiger partial charge in [-0.05, 0) is 30.2 Å². The normalized spacial score (nSPS) is 14.8. The molecule has 0 aromatic heterocycles. The maximum absolute atomic E-state index is 12.9. The van der Waals surface area contributed by atoms with Crippen molar-refractivity contribution in [2.45, 2.75) is 12.8 Å². The molecule has 0 radical (unpaired) electrons. The summed E-state index contributed by atoms with van der Waals surface area (Å²) in [4.78, 5) is 17.2. The first-order valence-electron chi connectivity index (χ1n) is 8.54. The summed E-state index contributed by atoms with van der Waals surface area (Å²) in [5.41, 5.74) is 9.39. The molecule has 6 heteroatoms. The van der Waals surface area contributed by atoms with Crippen LogP contribution in [-0.2, 0) is 4.79 Å². The summed E-state index contributed by atoms with van der Waals surface area (Å²) >= 11 is 0. The van der Waals surface area contributed by atoms with Crippen molar-refractivity contribution >= 4 is 36.4 Å². The average molecular weight is 396 g/mol. The molecule has 0 bridgehead atoms. The summed E-state index contributed by atoms with van der Waals surface area (Å²) < 4.78 is 0. The molecule has 142 valence electrons. The predicted octanol–water partition coefficient (Wildman–Crippen LogP) is 3.23. The monoisotopic (exact) mass is 395 g/mol. The van der Waals surface area contributed by atoms with Crippen LogP contribution in [0.4, 0.5) is 5.69 Å². The molecule has 1 saturated heterocycles. The first kappa shape index (κ1) is 22.3. The number of hydrogen-bond donors (Lipinski definition) is 1. The molecule has 4 nitrogen and oxygen atoms in total. The van der Waals surface area contributed by atoms with Gasteiger partial charge in [0.2, 0.25) is 5.91 Å². The highest BCUT2D eigenvalue weighted by Gasteiger charge is 2.27. The summed E-state index contributed by atoms with van der Waals surface area (Å²) in [6.45, 7) is 5.67. The zero-order valence-corrected chi connectivity index (χ0v) is 16.6. The van der Waals surface area contributed by atoms with Gasteiger partial charge in [-0.25, -0.2) is 0 Å². The molecule has 0 aliphatic carbocycles. The van der Waals surface area contributed by atoms with Crippen LogP contribution in [0.15, 0.2) is 54.6 Å². The molecular formula is C20H27Cl2N3O. The van der Waals surface area contributed by atoms with E-state index >= 15 is 0 Å². The van der Waals surface area contributed by atoms with Gasteiger partial charge < -0.3 is 15.5 Å². The molecule has 2 N–H and O–H groups in total. The number of amides is 1. The molecule has 1 fully saturated rings. The maximum Gasteiger partial charge on any atom is 0.231 e. The standard InChI is InChI=1S/C20H25N3O.2ClH/c1-16-6-5-9-18(14-16)22-10-12-23(13-11-22)20(24)19(15-21)17-7-3-2-4-8-17;;/h2-9,14,19H,10-13,15,21H2,1H3;2*1H. The Labute approximate surface area is 168 Å². The Bertz CT molecular complexity index is 688. The number of anilines is 1. The number of carbonyl (C=O) groups is 1. The van der Waals surface area contributed by atoms with Gasteiger partial charge in [0.1, 0.15) is 0 Å². The lowest BCUT2D eigenvalue weighted by Crippen LogP contribution is -2.50. The lowest BCUT2D eigenvalue weighted by atomic mass is 9.97. The number of nitrogens with zero attached hydrogens (tertiary/aromatic N) is 2. The van der Waals surface area contributed by atoms with Crippen LogP contribution >= 0.6 is 24.8 Å². The van der Waals surface area contributed by atoms with Crippen molar-refractivity contribution in [3.63, 3.8) is 0 Å². The molecule has 0 saturated carbocycles. The summed E-state index contributed by atoms with van der Waals surface area (Å²) in [5, 5.41) is 0. The van der Waals surface area contributed by atoms with Crippen LogP contribution in [-0.4, -0.2) is 43.5 Å². The Balaban J connectivity index is 0.00000169. The van der Waals surface area contributed by atoms with Crippen LogP contribution in [0, 0.1) is 6.92 Å². The third kappa shape index (κ3) is 5.13. The quantitative estimate of drug-likeness (QED) is 0.864. The Morgan fingerprint density at radius 3 is 2.23 bits per heavy atom. The molecule has 1 atom stereocenters. The van der Waals surface area contributed by atoms with Gasteiger partial charge in [0.05, 0.1) is 5.92 Å². The fourth-order valence-corrected chi connectivity index (χ4v) is 3.29. The average Bonchev–Trinajstić information content (AvgIpc) is 2.63. The Morgan fingerprint density at radius 1 is 1.00 bits per heavy atom. The minimum Gasteiger partial charge on any atom is -0.368 e. The van der Waals surface area contributed by atoms with E-state index in [0.29, 0.717) is 6.54 Å². The highest BCUT2D eigenvalue weighted by Crippen LogP contribution is 2.21. The van der Waals surface area contributed by atoms with Crippen LogP contribution in [0.2, 0.25) is 0 Å². The first-order chi connectivity index (χ1) is 11.7. The maximum atomic E-state index is 12.9. The SMILES string of the molecule is Cc1cccc(N2CCN(C(=O)C(CN)c3ccccc3)CC2)c1.Cl.Cl. The summed E-state index contributed by atoms with van der Waals surface area (Å²) in [6, 6.07) is 18.4. The van der Waals surface area contributed by atoms with Gasteiger partial charge in [-0.15, -0.1) is 24.8 Å². The topological polar surface area (TPSA) is 49.6 Å². The lowest BCUT2D eigenvalue weighted by Gasteiger charge is -2.37. The fraction of sp³-hybridized carbons (Fsp3) is 0.350. The van der Waals surface area contributed by atoms with E-state index in [1.807, 2.05) is 35.2 Å². The number of halogens is 2. The van der Waals surface area contributed by atoms with Crippen LogP contribution in [0.5, 0.6) is 0 Å². The van der Waals surface area contributed by atoms with Gasteiger partial charge in [0.15, 0.2) is 0 Å². The van der Waals surface area contributed by atoms with Crippen molar-refractivity contribution in [3.05, 3.63) is 65.7 Å². The van der Waals surface area contributed by atoms with Gasteiger partial charge in [-0.1, -0.05) is 42.5 Å². The van der Waals surface area contributed by atoms with E-state index < -0.39 is 0 Å². The van der Waals surface area contributed by atoms with E-state index in [4.69, 9.17) is 5.73 Å². The van der Waals surface area contributed by atoms with E-state index in [-0.39, 0.29) is 36.6 Å². The zero-order chi connectivity index (χ0) is 16.9. The molecule has 2 aromatic rings. The summed E-state index contributed by atoms with van der Waals surface area (Å²) in [7, 11) is 0. The highest BCUT2D eigenvalue weighted by atomic mass is 35.5.